The average Bonchev–Trinajstić information content (AvgIpc) is 3.03. The van der Waals surface area contributed by atoms with Gasteiger partial charge in [0, 0.05) is 30.8 Å². The van der Waals surface area contributed by atoms with Gasteiger partial charge in [0.1, 0.15) is 11.5 Å². The third kappa shape index (κ3) is 3.61. The Morgan fingerprint density at radius 3 is 2.07 bits per heavy atom. The van der Waals surface area contributed by atoms with Crippen LogP contribution in [-0.2, 0) is 22.7 Å². The molecule has 0 radical (unpaired) electrons. The van der Waals surface area contributed by atoms with Crippen LogP contribution in [0.3, 0.4) is 0 Å². The number of benzene rings is 2. The van der Waals surface area contributed by atoms with Crippen molar-refractivity contribution in [3.63, 3.8) is 0 Å². The largest absolute Gasteiger partial charge is 0.467 e. The van der Waals surface area contributed by atoms with E-state index < -0.39 is 0 Å². The van der Waals surface area contributed by atoms with Gasteiger partial charge in [-0.2, -0.15) is 0 Å². The third-order valence-electron chi connectivity index (χ3n) is 5.65. The lowest BCUT2D eigenvalue weighted by molar-refractivity contribution is -0.0164. The van der Waals surface area contributed by atoms with Gasteiger partial charge in [0.25, 0.3) is 0 Å². The fourth-order valence-electron chi connectivity index (χ4n) is 4.30. The van der Waals surface area contributed by atoms with Gasteiger partial charge in [-0.15, -0.1) is 0 Å². The topological polar surface area (TPSA) is 52.2 Å². The van der Waals surface area contributed by atoms with Crippen molar-refractivity contribution in [2.24, 2.45) is 0 Å². The highest BCUT2D eigenvalue weighted by atomic mass is 16.7. The highest BCUT2D eigenvalue weighted by molar-refractivity contribution is 5.45. The van der Waals surface area contributed by atoms with Crippen LogP contribution in [0.2, 0.25) is 0 Å². The molecule has 0 amide bonds. The highest BCUT2D eigenvalue weighted by Gasteiger charge is 2.26. The summed E-state index contributed by atoms with van der Waals surface area (Å²) >= 11 is 0. The Morgan fingerprint density at radius 1 is 0.786 bits per heavy atom. The summed E-state index contributed by atoms with van der Waals surface area (Å²) in [5.74, 6) is 1.86. The molecule has 6 heteroatoms. The van der Waals surface area contributed by atoms with Crippen LogP contribution in [0.5, 0.6) is 11.5 Å². The zero-order valence-electron chi connectivity index (χ0n) is 16.0. The SMILES string of the molecule is c1cc2c(cc1C(c1ccc3c(c1)COCO3)N1CCCNCC1)COCO2. The quantitative estimate of drug-likeness (QED) is 0.881. The summed E-state index contributed by atoms with van der Waals surface area (Å²) in [6.45, 7) is 6.01. The first kappa shape index (κ1) is 17.9. The molecule has 6 nitrogen and oxygen atoms in total. The Bertz CT molecular complexity index is 774. The highest BCUT2D eigenvalue weighted by Crippen LogP contribution is 2.36. The molecule has 1 saturated heterocycles. The van der Waals surface area contributed by atoms with Gasteiger partial charge < -0.3 is 24.3 Å². The lowest BCUT2D eigenvalue weighted by Gasteiger charge is -2.33. The third-order valence-corrected chi connectivity index (χ3v) is 5.65. The van der Waals surface area contributed by atoms with Crippen LogP contribution >= 0.6 is 0 Å². The first-order valence-corrected chi connectivity index (χ1v) is 10.00. The molecule has 3 heterocycles. The molecule has 0 spiro atoms. The second-order valence-corrected chi connectivity index (χ2v) is 7.50. The lowest BCUT2D eigenvalue weighted by Crippen LogP contribution is -2.33. The summed E-state index contributed by atoms with van der Waals surface area (Å²) in [6, 6.07) is 13.2. The van der Waals surface area contributed by atoms with Crippen LogP contribution in [0.4, 0.5) is 0 Å². The van der Waals surface area contributed by atoms with Crippen molar-refractivity contribution >= 4 is 0 Å². The van der Waals surface area contributed by atoms with Gasteiger partial charge >= 0.3 is 0 Å². The van der Waals surface area contributed by atoms with Gasteiger partial charge in [-0.05, 0) is 48.4 Å². The predicted octanol–water partition coefficient (Wildman–Crippen LogP) is 2.80. The van der Waals surface area contributed by atoms with Crippen LogP contribution in [0, 0.1) is 0 Å². The molecular formula is C22H26N2O4. The lowest BCUT2D eigenvalue weighted by atomic mass is 9.93. The average molecular weight is 382 g/mol. The van der Waals surface area contributed by atoms with Crippen molar-refractivity contribution in [1.82, 2.24) is 10.2 Å². The van der Waals surface area contributed by atoms with E-state index in [0.29, 0.717) is 26.8 Å². The van der Waals surface area contributed by atoms with Crippen LogP contribution in [0.1, 0.15) is 34.7 Å². The van der Waals surface area contributed by atoms with Gasteiger partial charge in [0.2, 0.25) is 0 Å². The molecule has 0 aliphatic carbocycles. The van der Waals surface area contributed by atoms with Gasteiger partial charge in [-0.25, -0.2) is 0 Å². The smallest absolute Gasteiger partial charge is 0.189 e. The number of hydrogen-bond acceptors (Lipinski definition) is 6. The van der Waals surface area contributed by atoms with E-state index in [1.54, 1.807) is 0 Å². The second kappa shape index (κ2) is 8.09. The molecule has 0 atom stereocenters. The van der Waals surface area contributed by atoms with E-state index in [4.69, 9.17) is 18.9 Å². The molecule has 0 unspecified atom stereocenters. The minimum absolute atomic E-state index is 0.180. The van der Waals surface area contributed by atoms with Gasteiger partial charge in [-0.1, -0.05) is 12.1 Å². The number of fused-ring (bicyclic) bond motifs is 2. The Balaban J connectivity index is 1.55. The first-order valence-electron chi connectivity index (χ1n) is 10.00. The van der Waals surface area contributed by atoms with Crippen molar-refractivity contribution in [2.45, 2.75) is 25.7 Å². The van der Waals surface area contributed by atoms with Crippen LogP contribution in [0.15, 0.2) is 36.4 Å². The summed E-state index contributed by atoms with van der Waals surface area (Å²) < 4.78 is 22.2. The molecule has 1 fully saturated rings. The summed E-state index contributed by atoms with van der Waals surface area (Å²) in [4.78, 5) is 2.57. The molecule has 1 N–H and O–H groups in total. The van der Waals surface area contributed by atoms with Crippen molar-refractivity contribution in [3.8, 4) is 11.5 Å². The summed E-state index contributed by atoms with van der Waals surface area (Å²) in [5, 5.41) is 3.51. The standard InChI is InChI=1S/C22H26N2O4/c1-6-23-7-9-24(8-1)22(16-2-4-20-18(10-16)12-25-14-27-20)17-3-5-21-19(11-17)13-26-15-28-21/h2-5,10-11,22-23H,1,6-9,12-15H2. The number of nitrogens with one attached hydrogen (secondary N) is 1. The van der Waals surface area contributed by atoms with Gasteiger partial charge in [0.15, 0.2) is 13.6 Å². The Kier molecular flexibility index (Phi) is 5.18. The van der Waals surface area contributed by atoms with Gasteiger partial charge in [0.05, 0.1) is 19.3 Å². The van der Waals surface area contributed by atoms with E-state index >= 15 is 0 Å². The molecule has 0 saturated carbocycles. The fourth-order valence-corrected chi connectivity index (χ4v) is 4.30. The molecule has 0 aromatic heterocycles. The molecule has 3 aliphatic heterocycles. The second-order valence-electron chi connectivity index (χ2n) is 7.50. The minimum Gasteiger partial charge on any atom is -0.467 e. The summed E-state index contributed by atoms with van der Waals surface area (Å²) in [5.41, 5.74) is 4.78. The van der Waals surface area contributed by atoms with Crippen LogP contribution < -0.4 is 14.8 Å². The van der Waals surface area contributed by atoms with E-state index in [1.165, 1.54) is 11.1 Å². The van der Waals surface area contributed by atoms with E-state index in [9.17, 15) is 0 Å². The maximum atomic E-state index is 5.62. The van der Waals surface area contributed by atoms with Crippen LogP contribution in [0.25, 0.3) is 0 Å². The summed E-state index contributed by atoms with van der Waals surface area (Å²) in [7, 11) is 0. The minimum atomic E-state index is 0.180. The zero-order valence-corrected chi connectivity index (χ0v) is 16.0. The Labute approximate surface area is 165 Å². The molecule has 3 aliphatic rings. The predicted molar refractivity (Wildman–Crippen MR) is 104 cm³/mol. The van der Waals surface area contributed by atoms with Crippen molar-refractivity contribution in [1.29, 1.82) is 0 Å². The Hall–Kier alpha value is -2.12. The monoisotopic (exact) mass is 382 g/mol. The number of rotatable bonds is 3. The maximum Gasteiger partial charge on any atom is 0.189 e. The molecule has 28 heavy (non-hydrogen) atoms. The number of nitrogens with zero attached hydrogens (tertiary/aromatic N) is 1. The van der Waals surface area contributed by atoms with E-state index in [2.05, 4.69) is 46.6 Å². The Morgan fingerprint density at radius 2 is 1.43 bits per heavy atom. The van der Waals surface area contributed by atoms with Crippen LogP contribution in [-0.4, -0.2) is 44.7 Å². The van der Waals surface area contributed by atoms with E-state index in [0.717, 1.165) is 55.2 Å². The van der Waals surface area contributed by atoms with E-state index in [1.807, 2.05) is 0 Å². The summed E-state index contributed by atoms with van der Waals surface area (Å²) in [6.07, 6.45) is 1.14. The van der Waals surface area contributed by atoms with E-state index in [-0.39, 0.29) is 6.04 Å². The fraction of sp³-hybridized carbons (Fsp3) is 0.455. The normalized spacial score (nSPS) is 19.9. The van der Waals surface area contributed by atoms with Crippen molar-refractivity contribution < 1.29 is 18.9 Å². The maximum absolute atomic E-state index is 5.62. The molecule has 5 rings (SSSR count). The van der Waals surface area contributed by atoms with Crippen molar-refractivity contribution in [3.05, 3.63) is 58.7 Å². The zero-order chi connectivity index (χ0) is 18.8. The molecule has 2 aromatic rings. The number of hydrogen-bond donors (Lipinski definition) is 1. The van der Waals surface area contributed by atoms with Gasteiger partial charge in [-0.3, -0.25) is 4.90 Å². The molecule has 0 bridgehead atoms. The molecule has 148 valence electrons. The molecular weight excluding hydrogens is 356 g/mol. The first-order chi connectivity index (χ1) is 13.9. The number of ether oxygens (including phenoxy) is 4. The van der Waals surface area contributed by atoms with Crippen molar-refractivity contribution in [2.75, 3.05) is 39.8 Å². The molecule has 2 aromatic carbocycles.